The number of ether oxygens (including phenoxy) is 2. The van der Waals surface area contributed by atoms with E-state index in [4.69, 9.17) is 4.74 Å². The van der Waals surface area contributed by atoms with Crippen LogP contribution in [0.3, 0.4) is 0 Å². The van der Waals surface area contributed by atoms with E-state index < -0.39 is 51.9 Å². The Morgan fingerprint density at radius 3 is 2.56 bits per heavy atom. The van der Waals surface area contributed by atoms with E-state index in [1.54, 1.807) is 37.3 Å². The molecule has 1 aromatic carbocycles. The van der Waals surface area contributed by atoms with Crippen LogP contribution in [0.25, 0.3) is 0 Å². The first kappa shape index (κ1) is 29.5. The Labute approximate surface area is 240 Å². The molecule has 222 valence electrons. The van der Waals surface area contributed by atoms with Crippen molar-refractivity contribution in [1.82, 2.24) is 5.32 Å². The lowest BCUT2D eigenvalue weighted by molar-refractivity contribution is -0.219. The van der Waals surface area contributed by atoms with Crippen molar-refractivity contribution in [2.75, 3.05) is 20.3 Å². The minimum atomic E-state index is -2.01. The molecule has 0 radical (unpaired) electrons. The van der Waals surface area contributed by atoms with Gasteiger partial charge in [0.15, 0.2) is 17.1 Å². The Morgan fingerprint density at radius 2 is 1.88 bits per heavy atom. The van der Waals surface area contributed by atoms with Gasteiger partial charge < -0.3 is 25.0 Å². The van der Waals surface area contributed by atoms with Gasteiger partial charge in [0.1, 0.15) is 5.75 Å². The monoisotopic (exact) mass is 569 g/mol. The predicted octanol–water partition coefficient (Wildman–Crippen LogP) is 3.71. The third kappa shape index (κ3) is 4.26. The fourth-order valence-electron chi connectivity index (χ4n) is 8.43. The third-order valence-electron chi connectivity index (χ3n) is 10.7. The van der Waals surface area contributed by atoms with Crippen molar-refractivity contribution in [3.63, 3.8) is 0 Å². The van der Waals surface area contributed by atoms with E-state index in [9.17, 15) is 24.6 Å². The second-order valence-electron chi connectivity index (χ2n) is 12.6. The van der Waals surface area contributed by atoms with Crippen molar-refractivity contribution in [3.05, 3.63) is 53.6 Å². The van der Waals surface area contributed by atoms with Crippen molar-refractivity contribution >= 4 is 17.7 Å². The summed E-state index contributed by atoms with van der Waals surface area (Å²) in [6.45, 7) is 5.97. The molecule has 3 saturated carbocycles. The molecule has 5 rings (SSSR count). The quantitative estimate of drug-likeness (QED) is 0.338. The number of rotatable bonds is 7. The summed E-state index contributed by atoms with van der Waals surface area (Å²) in [6, 6.07) is 6.55. The fraction of sp³-hybridized carbons (Fsp3) is 0.594. The maximum absolute atomic E-state index is 17.3. The molecule has 0 saturated heterocycles. The molecule has 41 heavy (non-hydrogen) atoms. The van der Waals surface area contributed by atoms with Gasteiger partial charge in [0.2, 0.25) is 0 Å². The van der Waals surface area contributed by atoms with Crippen molar-refractivity contribution in [3.8, 4) is 5.75 Å². The number of halogens is 1. The van der Waals surface area contributed by atoms with Crippen molar-refractivity contribution in [2.24, 2.45) is 28.6 Å². The summed E-state index contributed by atoms with van der Waals surface area (Å²) in [5.41, 5.74) is -4.81. The van der Waals surface area contributed by atoms with Gasteiger partial charge in [-0.15, -0.1) is 0 Å². The van der Waals surface area contributed by atoms with E-state index in [1.165, 1.54) is 19.3 Å². The molecule has 0 spiro atoms. The molecule has 1 aromatic rings. The number of allylic oxidation sites excluding steroid dienone is 4. The van der Waals surface area contributed by atoms with E-state index in [0.29, 0.717) is 49.2 Å². The summed E-state index contributed by atoms with van der Waals surface area (Å²) in [5, 5.41) is 26.4. The lowest BCUT2D eigenvalue weighted by Crippen LogP contribution is -2.70. The SMILES string of the molecule is COC(=O)c1ccc(OCCCNC(=O)[C@@]2(O)[C@H](C)C[C@H]3[C@@H]4CCC5=CC(=O)C=C[C@]5(C)[C@@]4(F)[C@@H](O)C[C@@]32C)cc1. The van der Waals surface area contributed by atoms with Gasteiger partial charge in [-0.1, -0.05) is 25.5 Å². The third-order valence-corrected chi connectivity index (χ3v) is 10.7. The van der Waals surface area contributed by atoms with Crippen LogP contribution >= 0.6 is 0 Å². The standard InChI is InChI=1S/C32H40FNO7/c1-19-16-25-24-11-8-21-17-22(35)12-13-29(21,2)31(24,33)26(36)18-30(25,3)32(19,39)28(38)34-14-5-15-41-23-9-6-20(7-10-23)27(37)40-4/h6-7,9-10,12-13,17,19,24-26,36,39H,5,8,11,14-16,18H2,1-4H3,(H,34,38)/t19-,24+,25+,26+,29+,30+,31+,32+/m1/s1. The summed E-state index contributed by atoms with van der Waals surface area (Å²) in [7, 11) is 1.32. The van der Waals surface area contributed by atoms with Crippen LogP contribution in [0.5, 0.6) is 5.75 Å². The van der Waals surface area contributed by atoms with Gasteiger partial charge in [-0.2, -0.15) is 0 Å². The van der Waals surface area contributed by atoms with Gasteiger partial charge in [0, 0.05) is 23.3 Å². The first-order chi connectivity index (χ1) is 19.3. The molecule has 0 aromatic heterocycles. The average molecular weight is 570 g/mol. The van der Waals surface area contributed by atoms with Gasteiger partial charge in [-0.25, -0.2) is 9.18 Å². The Hall–Kier alpha value is -3.04. The highest BCUT2D eigenvalue weighted by Gasteiger charge is 2.75. The summed E-state index contributed by atoms with van der Waals surface area (Å²) in [4.78, 5) is 37.2. The molecule has 4 aliphatic carbocycles. The minimum absolute atomic E-state index is 0.0612. The number of esters is 1. The molecular weight excluding hydrogens is 529 g/mol. The topological polar surface area (TPSA) is 122 Å². The van der Waals surface area contributed by atoms with E-state index in [2.05, 4.69) is 10.1 Å². The molecule has 3 N–H and O–H groups in total. The van der Waals surface area contributed by atoms with Crippen LogP contribution in [0.2, 0.25) is 0 Å². The first-order valence-corrected chi connectivity index (χ1v) is 14.5. The number of benzene rings is 1. The number of amides is 1. The molecule has 1 amide bonds. The zero-order valence-corrected chi connectivity index (χ0v) is 24.1. The van der Waals surface area contributed by atoms with Crippen LogP contribution in [0.4, 0.5) is 4.39 Å². The highest BCUT2D eigenvalue weighted by molar-refractivity contribution is 6.01. The number of aliphatic hydroxyl groups excluding tert-OH is 1. The molecule has 4 aliphatic rings. The summed E-state index contributed by atoms with van der Waals surface area (Å²) in [6.07, 6.45) is 4.94. The molecule has 0 heterocycles. The lowest BCUT2D eigenvalue weighted by atomic mass is 9.44. The maximum Gasteiger partial charge on any atom is 0.337 e. The van der Waals surface area contributed by atoms with Crippen LogP contribution in [0.1, 0.15) is 63.2 Å². The van der Waals surface area contributed by atoms with Gasteiger partial charge >= 0.3 is 5.97 Å². The molecule has 0 aliphatic heterocycles. The number of alkyl halides is 1. The zero-order chi connectivity index (χ0) is 29.8. The second kappa shape index (κ2) is 10.3. The van der Waals surface area contributed by atoms with Gasteiger partial charge in [0.05, 0.1) is 25.4 Å². The van der Waals surface area contributed by atoms with Crippen molar-refractivity contribution in [1.29, 1.82) is 0 Å². The molecular formula is C32H40FNO7. The van der Waals surface area contributed by atoms with E-state index in [1.807, 2.05) is 13.8 Å². The Morgan fingerprint density at radius 1 is 1.17 bits per heavy atom. The predicted molar refractivity (Wildman–Crippen MR) is 149 cm³/mol. The molecule has 9 heteroatoms. The number of fused-ring (bicyclic) bond motifs is 5. The average Bonchev–Trinajstić information content (AvgIpc) is 3.15. The van der Waals surface area contributed by atoms with Gasteiger partial charge in [0.25, 0.3) is 5.91 Å². The van der Waals surface area contributed by atoms with Crippen LogP contribution in [0.15, 0.2) is 48.1 Å². The summed E-state index contributed by atoms with van der Waals surface area (Å²) < 4.78 is 27.7. The van der Waals surface area contributed by atoms with Crippen molar-refractivity contribution < 1.29 is 38.5 Å². The van der Waals surface area contributed by atoms with E-state index in [-0.39, 0.29) is 24.7 Å². The molecule has 8 nitrogen and oxygen atoms in total. The maximum atomic E-state index is 17.3. The van der Waals surface area contributed by atoms with Crippen LogP contribution < -0.4 is 10.1 Å². The molecule has 0 bridgehead atoms. The van der Waals surface area contributed by atoms with E-state index >= 15 is 4.39 Å². The lowest BCUT2D eigenvalue weighted by Gasteiger charge is -2.62. The number of methoxy groups -OCH3 is 1. The Kier molecular flexibility index (Phi) is 7.43. The summed E-state index contributed by atoms with van der Waals surface area (Å²) >= 11 is 0. The number of hydrogen-bond donors (Lipinski definition) is 3. The highest BCUT2D eigenvalue weighted by Crippen LogP contribution is 2.70. The van der Waals surface area contributed by atoms with Crippen LogP contribution in [-0.2, 0) is 14.3 Å². The second-order valence-corrected chi connectivity index (χ2v) is 12.6. The van der Waals surface area contributed by atoms with Gasteiger partial charge in [-0.05, 0) is 87.3 Å². The smallest absolute Gasteiger partial charge is 0.337 e. The normalized spacial score (nSPS) is 39.2. The number of carbonyl (C=O) groups is 3. The highest BCUT2D eigenvalue weighted by atomic mass is 19.1. The number of aliphatic hydroxyl groups is 2. The van der Waals surface area contributed by atoms with E-state index in [0.717, 1.165) is 0 Å². The minimum Gasteiger partial charge on any atom is -0.494 e. The number of ketones is 1. The molecule has 8 atom stereocenters. The largest absolute Gasteiger partial charge is 0.494 e. The zero-order valence-electron chi connectivity index (χ0n) is 24.1. The number of nitrogens with one attached hydrogen (secondary N) is 1. The Balaban J connectivity index is 1.26. The van der Waals surface area contributed by atoms with Crippen molar-refractivity contribution in [2.45, 2.75) is 70.2 Å². The van der Waals surface area contributed by atoms with Gasteiger partial charge in [-0.3, -0.25) is 9.59 Å². The molecule has 3 fully saturated rings. The first-order valence-electron chi connectivity index (χ1n) is 14.5. The number of hydrogen-bond acceptors (Lipinski definition) is 7. The number of carbonyl (C=O) groups excluding carboxylic acids is 3. The Bertz CT molecular complexity index is 1290. The fourth-order valence-corrected chi connectivity index (χ4v) is 8.43. The van der Waals surface area contributed by atoms with Crippen LogP contribution in [0, 0.1) is 28.6 Å². The molecule has 0 unspecified atom stereocenters. The van der Waals surface area contributed by atoms with Crippen LogP contribution in [-0.4, -0.2) is 65.5 Å². The summed E-state index contributed by atoms with van der Waals surface area (Å²) in [5.74, 6) is -1.87.